The molecule has 0 unspecified atom stereocenters. The predicted molar refractivity (Wildman–Crippen MR) is 78.4 cm³/mol. The zero-order chi connectivity index (χ0) is 13.2. The van der Waals surface area contributed by atoms with E-state index in [4.69, 9.17) is 0 Å². The Balaban J connectivity index is 1.97. The number of rotatable bonds is 3. The maximum atomic E-state index is 10.8. The van der Waals surface area contributed by atoms with E-state index in [2.05, 4.69) is 25.5 Å². The van der Waals surface area contributed by atoms with Gasteiger partial charge >= 0.3 is 0 Å². The van der Waals surface area contributed by atoms with Crippen molar-refractivity contribution in [3.05, 3.63) is 64.5 Å². The van der Waals surface area contributed by atoms with E-state index in [1.165, 1.54) is 0 Å². The van der Waals surface area contributed by atoms with Gasteiger partial charge in [0.15, 0.2) is 0 Å². The van der Waals surface area contributed by atoms with Crippen LogP contribution in [0, 0.1) is 0 Å². The molecule has 0 N–H and O–H groups in total. The Morgan fingerprint density at radius 3 is 2.84 bits per heavy atom. The van der Waals surface area contributed by atoms with Gasteiger partial charge in [-0.25, -0.2) is 0 Å². The molecule has 2 heterocycles. The standard InChI is InChI=1S/C15H11BrN2O/c16-13-2-3-14(17-8-13)9-18-6-5-12-7-11(10-19)1-4-15(12)18/h1-8,10H,9H2. The summed E-state index contributed by atoms with van der Waals surface area (Å²) in [4.78, 5) is 15.1. The lowest BCUT2D eigenvalue weighted by molar-refractivity contribution is 0.112. The Kier molecular flexibility index (Phi) is 3.17. The fraction of sp³-hybridized carbons (Fsp3) is 0.0667. The van der Waals surface area contributed by atoms with Gasteiger partial charge < -0.3 is 4.57 Å². The molecule has 0 aliphatic rings. The van der Waals surface area contributed by atoms with Crippen molar-refractivity contribution in [3.63, 3.8) is 0 Å². The molecule has 0 atom stereocenters. The van der Waals surface area contributed by atoms with Crippen molar-refractivity contribution in [2.24, 2.45) is 0 Å². The summed E-state index contributed by atoms with van der Waals surface area (Å²) < 4.78 is 3.10. The maximum Gasteiger partial charge on any atom is 0.150 e. The molecular formula is C15H11BrN2O. The molecule has 0 bridgehead atoms. The van der Waals surface area contributed by atoms with E-state index in [0.717, 1.165) is 33.9 Å². The van der Waals surface area contributed by atoms with Crippen LogP contribution in [0.4, 0.5) is 0 Å². The summed E-state index contributed by atoms with van der Waals surface area (Å²) in [7, 11) is 0. The number of benzene rings is 1. The number of aldehydes is 1. The monoisotopic (exact) mass is 314 g/mol. The van der Waals surface area contributed by atoms with Crippen LogP contribution in [-0.2, 0) is 6.54 Å². The van der Waals surface area contributed by atoms with Crippen molar-refractivity contribution in [3.8, 4) is 0 Å². The molecule has 0 saturated carbocycles. The Morgan fingerprint density at radius 2 is 2.11 bits per heavy atom. The number of aromatic nitrogens is 2. The topological polar surface area (TPSA) is 34.9 Å². The molecular weight excluding hydrogens is 304 g/mol. The van der Waals surface area contributed by atoms with Crippen molar-refractivity contribution in [2.45, 2.75) is 6.54 Å². The highest BCUT2D eigenvalue weighted by Crippen LogP contribution is 2.18. The summed E-state index contributed by atoms with van der Waals surface area (Å²) in [5.41, 5.74) is 2.81. The molecule has 0 amide bonds. The average Bonchev–Trinajstić information content (AvgIpc) is 2.83. The van der Waals surface area contributed by atoms with Crippen LogP contribution in [-0.4, -0.2) is 15.8 Å². The zero-order valence-corrected chi connectivity index (χ0v) is 11.7. The van der Waals surface area contributed by atoms with Gasteiger partial charge in [0.25, 0.3) is 0 Å². The first-order valence-electron chi connectivity index (χ1n) is 5.91. The predicted octanol–water partition coefficient (Wildman–Crippen LogP) is 3.66. The Bertz CT molecular complexity index is 731. The molecule has 3 aromatic rings. The van der Waals surface area contributed by atoms with Crippen LogP contribution in [0.25, 0.3) is 10.9 Å². The van der Waals surface area contributed by atoms with E-state index in [1.54, 1.807) is 6.20 Å². The second-order valence-corrected chi connectivity index (χ2v) is 5.26. The lowest BCUT2D eigenvalue weighted by Crippen LogP contribution is -1.99. The summed E-state index contributed by atoms with van der Waals surface area (Å²) in [6.07, 6.45) is 4.68. The van der Waals surface area contributed by atoms with Crippen molar-refractivity contribution in [1.29, 1.82) is 0 Å². The van der Waals surface area contributed by atoms with Crippen LogP contribution >= 0.6 is 15.9 Å². The van der Waals surface area contributed by atoms with Crippen LogP contribution < -0.4 is 0 Å². The van der Waals surface area contributed by atoms with Gasteiger partial charge in [-0.05, 0) is 52.3 Å². The van der Waals surface area contributed by atoms with E-state index >= 15 is 0 Å². The molecule has 0 saturated heterocycles. The van der Waals surface area contributed by atoms with Gasteiger partial charge in [0.05, 0.1) is 12.2 Å². The fourth-order valence-electron chi connectivity index (χ4n) is 2.10. The van der Waals surface area contributed by atoms with E-state index < -0.39 is 0 Å². The van der Waals surface area contributed by atoms with Gasteiger partial charge in [0.2, 0.25) is 0 Å². The highest BCUT2D eigenvalue weighted by molar-refractivity contribution is 9.10. The Labute approximate surface area is 119 Å². The van der Waals surface area contributed by atoms with Crippen LogP contribution in [0.5, 0.6) is 0 Å². The van der Waals surface area contributed by atoms with E-state index in [-0.39, 0.29) is 0 Å². The number of carbonyl (C=O) groups excluding carboxylic acids is 1. The molecule has 19 heavy (non-hydrogen) atoms. The van der Waals surface area contributed by atoms with Crippen LogP contribution in [0.1, 0.15) is 16.1 Å². The summed E-state index contributed by atoms with van der Waals surface area (Å²) in [6.45, 7) is 0.719. The molecule has 3 rings (SSSR count). The molecule has 0 spiro atoms. The lowest BCUT2D eigenvalue weighted by atomic mass is 10.2. The number of hydrogen-bond acceptors (Lipinski definition) is 2. The third kappa shape index (κ3) is 2.44. The minimum absolute atomic E-state index is 0.701. The number of nitrogens with zero attached hydrogens (tertiary/aromatic N) is 2. The van der Waals surface area contributed by atoms with E-state index in [9.17, 15) is 4.79 Å². The Hall–Kier alpha value is -1.94. The molecule has 94 valence electrons. The molecule has 2 aromatic heterocycles. The normalized spacial score (nSPS) is 10.8. The first-order chi connectivity index (χ1) is 9.26. The maximum absolute atomic E-state index is 10.8. The Morgan fingerprint density at radius 1 is 1.21 bits per heavy atom. The lowest BCUT2D eigenvalue weighted by Gasteiger charge is -2.05. The molecule has 0 aliphatic heterocycles. The van der Waals surface area contributed by atoms with Gasteiger partial charge in [-0.3, -0.25) is 9.78 Å². The molecule has 4 heteroatoms. The minimum atomic E-state index is 0.701. The number of fused-ring (bicyclic) bond motifs is 1. The van der Waals surface area contributed by atoms with Crippen LogP contribution in [0.3, 0.4) is 0 Å². The number of halogens is 1. The van der Waals surface area contributed by atoms with Gasteiger partial charge in [0.1, 0.15) is 6.29 Å². The number of hydrogen-bond donors (Lipinski definition) is 0. The SMILES string of the molecule is O=Cc1ccc2c(ccn2Cc2ccc(Br)cn2)c1. The minimum Gasteiger partial charge on any atom is -0.341 e. The third-order valence-electron chi connectivity index (χ3n) is 3.05. The van der Waals surface area contributed by atoms with Crippen LogP contribution in [0.15, 0.2) is 53.3 Å². The van der Waals surface area contributed by atoms with Crippen molar-refractivity contribution in [1.82, 2.24) is 9.55 Å². The summed E-state index contributed by atoms with van der Waals surface area (Å²) in [5.74, 6) is 0. The summed E-state index contributed by atoms with van der Waals surface area (Å²) in [5, 5.41) is 1.07. The molecule has 0 fully saturated rings. The first-order valence-corrected chi connectivity index (χ1v) is 6.70. The first kappa shape index (κ1) is 12.1. The van der Waals surface area contributed by atoms with Gasteiger partial charge in [-0.2, -0.15) is 0 Å². The van der Waals surface area contributed by atoms with Gasteiger partial charge in [-0.1, -0.05) is 0 Å². The average molecular weight is 315 g/mol. The molecule has 3 nitrogen and oxygen atoms in total. The van der Waals surface area contributed by atoms with E-state index in [1.807, 2.05) is 42.6 Å². The van der Waals surface area contributed by atoms with Gasteiger partial charge in [-0.15, -0.1) is 0 Å². The third-order valence-corrected chi connectivity index (χ3v) is 3.52. The van der Waals surface area contributed by atoms with Crippen molar-refractivity contribution >= 4 is 33.1 Å². The molecule has 0 aliphatic carbocycles. The number of pyridine rings is 1. The highest BCUT2D eigenvalue weighted by Gasteiger charge is 2.03. The smallest absolute Gasteiger partial charge is 0.150 e. The van der Waals surface area contributed by atoms with E-state index in [0.29, 0.717) is 5.56 Å². The highest BCUT2D eigenvalue weighted by atomic mass is 79.9. The largest absolute Gasteiger partial charge is 0.341 e. The summed E-state index contributed by atoms with van der Waals surface area (Å²) >= 11 is 3.38. The number of carbonyl (C=O) groups is 1. The van der Waals surface area contributed by atoms with Gasteiger partial charge in [0, 0.05) is 33.3 Å². The van der Waals surface area contributed by atoms with Crippen LogP contribution in [0.2, 0.25) is 0 Å². The second kappa shape index (κ2) is 4.97. The molecule has 0 radical (unpaired) electrons. The molecule has 1 aromatic carbocycles. The quantitative estimate of drug-likeness (QED) is 0.691. The van der Waals surface area contributed by atoms with Crippen molar-refractivity contribution in [2.75, 3.05) is 0 Å². The van der Waals surface area contributed by atoms with Crippen molar-refractivity contribution < 1.29 is 4.79 Å². The zero-order valence-electron chi connectivity index (χ0n) is 10.1. The second-order valence-electron chi connectivity index (χ2n) is 4.35. The summed E-state index contributed by atoms with van der Waals surface area (Å²) in [6, 6.07) is 11.7. The fourth-order valence-corrected chi connectivity index (χ4v) is 2.34.